The monoisotopic (exact) mass is 609 g/mol. The number of aromatic carboxylic acids is 1. The van der Waals surface area contributed by atoms with E-state index in [0.29, 0.717) is 41.5 Å². The van der Waals surface area contributed by atoms with Crippen LogP contribution < -0.4 is 15.4 Å². The second-order valence-corrected chi connectivity index (χ2v) is 9.81. The van der Waals surface area contributed by atoms with Gasteiger partial charge in [0.15, 0.2) is 5.82 Å². The third kappa shape index (κ3) is 6.34. The Labute approximate surface area is 250 Å². The van der Waals surface area contributed by atoms with E-state index in [9.17, 15) is 23.5 Å². The molecular formula is C29H29F2N7O6. The van der Waals surface area contributed by atoms with Crippen LogP contribution in [0.25, 0.3) is 16.9 Å². The van der Waals surface area contributed by atoms with Gasteiger partial charge >= 0.3 is 12.0 Å². The maximum absolute atomic E-state index is 14.0. The molecule has 1 aromatic carbocycles. The van der Waals surface area contributed by atoms with Gasteiger partial charge in [0.2, 0.25) is 11.8 Å². The number of ether oxygens (including phenoxy) is 2. The summed E-state index contributed by atoms with van der Waals surface area (Å²) in [4.78, 5) is 38.8. The fourth-order valence-electron chi connectivity index (χ4n) is 4.82. The van der Waals surface area contributed by atoms with Gasteiger partial charge in [-0.1, -0.05) is 18.2 Å². The summed E-state index contributed by atoms with van der Waals surface area (Å²) in [6.07, 6.45) is 1.73. The number of hydrogen-bond donors (Lipinski definition) is 3. The molecule has 1 unspecified atom stereocenters. The van der Waals surface area contributed by atoms with Crippen LogP contribution >= 0.6 is 0 Å². The number of carbonyl (C=O) groups excluding carboxylic acids is 1. The average molecular weight is 610 g/mol. The molecule has 1 fully saturated rings. The molecule has 4 aromatic rings. The first kappa shape index (κ1) is 30.5. The maximum Gasteiger partial charge on any atom is 0.341 e. The molecule has 13 nitrogen and oxygen atoms in total. The topological polar surface area (TPSA) is 153 Å². The van der Waals surface area contributed by atoms with E-state index in [1.54, 1.807) is 36.3 Å². The number of anilines is 1. The molecule has 0 bridgehead atoms. The number of hydrogen-bond acceptors (Lipinski definition) is 9. The summed E-state index contributed by atoms with van der Waals surface area (Å²) < 4.78 is 39.3. The number of methoxy groups -OCH3 is 2. The number of urea groups is 1. The second-order valence-electron chi connectivity index (χ2n) is 9.81. The molecular weight excluding hydrogens is 580 g/mol. The number of rotatable bonds is 10. The Bertz CT molecular complexity index is 1670. The molecule has 44 heavy (non-hydrogen) atoms. The summed E-state index contributed by atoms with van der Waals surface area (Å²) in [6, 6.07) is 10.1. The standard InChI is InChI=1S/C29H29F2N7O6/c1-16-23(17-11-20(28(39)40)27(43-3)33-13-17)36-38(19-7-5-4-6-8-19)26(16)35-29(41)34-22-15-37(9-10-42-2)44-24(22)18-12-21(30)25(31)32-14-18/h4-8,11-14,22,24H,9-10,15H2,1-3H3,(H,39,40)(H2,34,35,41)/t22-,24?/m1/s1. The number of nitrogens with zero attached hydrogens (tertiary/aromatic N) is 5. The molecule has 0 spiro atoms. The fraction of sp³-hybridized carbons (Fsp3) is 0.276. The Morgan fingerprint density at radius 2 is 1.91 bits per heavy atom. The highest BCUT2D eigenvalue weighted by Crippen LogP contribution is 2.33. The average Bonchev–Trinajstić information content (AvgIpc) is 3.57. The lowest BCUT2D eigenvalue weighted by Gasteiger charge is -2.19. The molecule has 0 aliphatic carbocycles. The molecule has 0 radical (unpaired) electrons. The van der Waals surface area contributed by atoms with Crippen LogP contribution in [0.5, 0.6) is 5.88 Å². The van der Waals surface area contributed by atoms with Gasteiger partial charge in [-0.05, 0) is 31.2 Å². The van der Waals surface area contributed by atoms with Gasteiger partial charge in [0.25, 0.3) is 0 Å². The predicted octanol–water partition coefficient (Wildman–Crippen LogP) is 3.75. The summed E-state index contributed by atoms with van der Waals surface area (Å²) in [5.41, 5.74) is 2.01. The zero-order chi connectivity index (χ0) is 31.4. The molecule has 4 heterocycles. The predicted molar refractivity (Wildman–Crippen MR) is 152 cm³/mol. The van der Waals surface area contributed by atoms with Crippen LogP contribution in [0.2, 0.25) is 0 Å². The molecule has 230 valence electrons. The minimum atomic E-state index is -1.24. The van der Waals surface area contributed by atoms with E-state index in [0.717, 1.165) is 12.3 Å². The third-order valence-electron chi connectivity index (χ3n) is 6.94. The van der Waals surface area contributed by atoms with Gasteiger partial charge in [0.1, 0.15) is 17.5 Å². The molecule has 0 saturated carbocycles. The van der Waals surface area contributed by atoms with E-state index in [4.69, 9.17) is 14.3 Å². The van der Waals surface area contributed by atoms with E-state index in [-0.39, 0.29) is 23.6 Å². The lowest BCUT2D eigenvalue weighted by molar-refractivity contribution is -0.154. The molecule has 1 saturated heterocycles. The van der Waals surface area contributed by atoms with Crippen molar-refractivity contribution < 1.29 is 37.8 Å². The molecule has 5 rings (SSSR count). The van der Waals surface area contributed by atoms with Gasteiger partial charge in [-0.2, -0.15) is 14.6 Å². The van der Waals surface area contributed by atoms with E-state index in [1.807, 2.05) is 6.07 Å². The number of amides is 2. The molecule has 2 atom stereocenters. The quantitative estimate of drug-likeness (QED) is 0.227. The summed E-state index contributed by atoms with van der Waals surface area (Å²) in [5, 5.41) is 21.6. The number of pyridine rings is 2. The van der Waals surface area contributed by atoms with Crippen LogP contribution in [0.4, 0.5) is 19.4 Å². The summed E-state index contributed by atoms with van der Waals surface area (Å²) in [6.45, 7) is 2.65. The lowest BCUT2D eigenvalue weighted by Crippen LogP contribution is -2.42. The number of halogens is 2. The molecule has 3 aromatic heterocycles. The molecule has 1 aliphatic heterocycles. The Morgan fingerprint density at radius 3 is 2.59 bits per heavy atom. The van der Waals surface area contributed by atoms with Crippen molar-refractivity contribution in [1.82, 2.24) is 30.1 Å². The van der Waals surface area contributed by atoms with Crippen molar-refractivity contribution in [3.05, 3.63) is 83.3 Å². The number of para-hydroxylation sites is 1. The number of hydroxylamine groups is 2. The van der Waals surface area contributed by atoms with Crippen LogP contribution in [-0.2, 0) is 9.57 Å². The van der Waals surface area contributed by atoms with Gasteiger partial charge in [-0.15, -0.1) is 0 Å². The Hall–Kier alpha value is -4.99. The van der Waals surface area contributed by atoms with Crippen LogP contribution in [0.3, 0.4) is 0 Å². The number of nitrogens with one attached hydrogen (secondary N) is 2. The summed E-state index contributed by atoms with van der Waals surface area (Å²) in [5.74, 6) is -3.36. The van der Waals surface area contributed by atoms with Crippen molar-refractivity contribution in [2.24, 2.45) is 0 Å². The van der Waals surface area contributed by atoms with Crippen molar-refractivity contribution in [2.45, 2.75) is 19.1 Å². The van der Waals surface area contributed by atoms with E-state index in [2.05, 4.69) is 25.7 Å². The SMILES string of the molecule is COCCN1C[C@@H](NC(=O)Nc2c(C)c(-c3cnc(OC)c(C(=O)O)c3)nn2-c2ccccc2)C(c2cnc(F)c(F)c2)O1. The highest BCUT2D eigenvalue weighted by molar-refractivity contribution is 5.93. The van der Waals surface area contributed by atoms with Crippen molar-refractivity contribution in [3.63, 3.8) is 0 Å². The summed E-state index contributed by atoms with van der Waals surface area (Å²) >= 11 is 0. The number of carboxylic acid groups (broad SMARTS) is 1. The molecule has 1 aliphatic rings. The smallest absolute Gasteiger partial charge is 0.341 e. The van der Waals surface area contributed by atoms with Gasteiger partial charge in [-0.3, -0.25) is 10.2 Å². The van der Waals surface area contributed by atoms with Crippen LogP contribution in [-0.4, -0.2) is 81.9 Å². The molecule has 3 N–H and O–H groups in total. The van der Waals surface area contributed by atoms with Crippen LogP contribution in [0.15, 0.2) is 54.9 Å². The normalized spacial score (nSPS) is 16.6. The van der Waals surface area contributed by atoms with Gasteiger partial charge < -0.3 is 19.9 Å². The minimum Gasteiger partial charge on any atom is -0.480 e. The van der Waals surface area contributed by atoms with Gasteiger partial charge in [0, 0.05) is 49.3 Å². The van der Waals surface area contributed by atoms with Crippen molar-refractivity contribution >= 4 is 17.8 Å². The highest BCUT2D eigenvalue weighted by atomic mass is 19.2. The highest BCUT2D eigenvalue weighted by Gasteiger charge is 2.37. The number of carbonyl (C=O) groups is 2. The maximum atomic E-state index is 14.0. The fourth-order valence-corrected chi connectivity index (χ4v) is 4.82. The number of benzene rings is 1. The first-order chi connectivity index (χ1) is 21.2. The van der Waals surface area contributed by atoms with E-state index in [1.165, 1.54) is 31.2 Å². The summed E-state index contributed by atoms with van der Waals surface area (Å²) in [7, 11) is 2.86. The van der Waals surface area contributed by atoms with Crippen molar-refractivity contribution in [3.8, 4) is 22.8 Å². The van der Waals surface area contributed by atoms with Crippen molar-refractivity contribution in [1.29, 1.82) is 0 Å². The Morgan fingerprint density at radius 1 is 1.14 bits per heavy atom. The van der Waals surface area contributed by atoms with E-state index < -0.39 is 35.9 Å². The van der Waals surface area contributed by atoms with E-state index >= 15 is 0 Å². The Balaban J connectivity index is 1.46. The number of aromatic nitrogens is 4. The van der Waals surface area contributed by atoms with Gasteiger partial charge in [0.05, 0.1) is 31.1 Å². The zero-order valence-electron chi connectivity index (χ0n) is 24.0. The third-order valence-corrected chi connectivity index (χ3v) is 6.94. The molecule has 2 amide bonds. The minimum absolute atomic E-state index is 0.0526. The van der Waals surface area contributed by atoms with Crippen LogP contribution in [0.1, 0.15) is 27.6 Å². The number of carboxylic acids is 1. The largest absolute Gasteiger partial charge is 0.480 e. The van der Waals surface area contributed by atoms with Crippen molar-refractivity contribution in [2.75, 3.05) is 39.2 Å². The first-order valence-corrected chi connectivity index (χ1v) is 13.4. The van der Waals surface area contributed by atoms with Gasteiger partial charge in [-0.25, -0.2) is 28.6 Å². The first-order valence-electron chi connectivity index (χ1n) is 13.4. The Kier molecular flexibility index (Phi) is 9.08. The zero-order valence-corrected chi connectivity index (χ0v) is 24.0. The lowest BCUT2D eigenvalue weighted by atomic mass is 10.0. The van der Waals surface area contributed by atoms with Crippen LogP contribution in [0, 0.1) is 18.7 Å². The molecule has 15 heteroatoms. The second kappa shape index (κ2) is 13.1.